The van der Waals surface area contributed by atoms with E-state index in [-0.39, 0.29) is 17.7 Å². The number of carbonyl (C=O) groups is 1. The summed E-state index contributed by atoms with van der Waals surface area (Å²) < 4.78 is 18.8. The van der Waals surface area contributed by atoms with Gasteiger partial charge in [-0.2, -0.15) is 5.10 Å². The van der Waals surface area contributed by atoms with Crippen molar-refractivity contribution in [3.05, 3.63) is 47.5 Å². The molecule has 5 nitrogen and oxygen atoms in total. The number of amides is 1. The second-order valence-corrected chi connectivity index (χ2v) is 7.32. The van der Waals surface area contributed by atoms with Gasteiger partial charge < -0.3 is 9.64 Å². The molecule has 2 aromatic rings. The van der Waals surface area contributed by atoms with Gasteiger partial charge in [0.1, 0.15) is 18.2 Å². The molecule has 4 rings (SSSR count). The van der Waals surface area contributed by atoms with Crippen molar-refractivity contribution in [1.82, 2.24) is 15.1 Å². The Balaban J connectivity index is 1.32. The number of benzene rings is 1. The summed E-state index contributed by atoms with van der Waals surface area (Å²) in [6.45, 7) is 1.89. The Labute approximate surface area is 152 Å². The van der Waals surface area contributed by atoms with Gasteiger partial charge in [-0.3, -0.25) is 9.89 Å². The van der Waals surface area contributed by atoms with E-state index in [1.165, 1.54) is 25.0 Å². The minimum absolute atomic E-state index is 0.239. The van der Waals surface area contributed by atoms with Crippen molar-refractivity contribution >= 4 is 5.91 Å². The predicted octanol–water partition coefficient (Wildman–Crippen LogP) is 3.63. The first kappa shape index (κ1) is 17.1. The van der Waals surface area contributed by atoms with Crippen LogP contribution in [0.5, 0.6) is 5.75 Å². The fraction of sp³-hybridized carbons (Fsp3) is 0.500. The van der Waals surface area contributed by atoms with E-state index < -0.39 is 0 Å². The Kier molecular flexibility index (Phi) is 4.91. The van der Waals surface area contributed by atoms with Crippen LogP contribution in [0.1, 0.15) is 49.4 Å². The summed E-state index contributed by atoms with van der Waals surface area (Å²) in [5.41, 5.74) is 1.83. The number of carbonyl (C=O) groups excluding carboxylic acids is 1. The van der Waals surface area contributed by atoms with Gasteiger partial charge in [0.2, 0.25) is 5.91 Å². The van der Waals surface area contributed by atoms with E-state index in [4.69, 9.17) is 4.74 Å². The standard InChI is InChI=1S/C20H24FN3O2/c21-16-6-3-7-18(10-16)26-13-17-11-19(23-22-17)15-8-9-24(12-15)20(25)14-4-1-2-5-14/h3,6-7,10-11,14-15H,1-2,4-5,8-9,12-13H2,(H,22,23). The van der Waals surface area contributed by atoms with Gasteiger partial charge in [-0.25, -0.2) is 4.39 Å². The number of hydrogen-bond acceptors (Lipinski definition) is 3. The summed E-state index contributed by atoms with van der Waals surface area (Å²) in [5.74, 6) is 1.03. The van der Waals surface area contributed by atoms with Crippen molar-refractivity contribution in [1.29, 1.82) is 0 Å². The number of aromatic nitrogens is 2. The summed E-state index contributed by atoms with van der Waals surface area (Å²) in [4.78, 5) is 14.6. The van der Waals surface area contributed by atoms with Gasteiger partial charge >= 0.3 is 0 Å². The number of halogens is 1. The van der Waals surface area contributed by atoms with Gasteiger partial charge in [0.25, 0.3) is 0 Å². The van der Waals surface area contributed by atoms with Crippen LogP contribution in [0.2, 0.25) is 0 Å². The van der Waals surface area contributed by atoms with Gasteiger partial charge in [0, 0.05) is 31.0 Å². The summed E-state index contributed by atoms with van der Waals surface area (Å²) in [5, 5.41) is 7.40. The second-order valence-electron chi connectivity index (χ2n) is 7.32. The fourth-order valence-corrected chi connectivity index (χ4v) is 4.01. The van der Waals surface area contributed by atoms with Crippen molar-refractivity contribution in [2.45, 2.75) is 44.6 Å². The minimum Gasteiger partial charge on any atom is -0.487 e. The molecule has 1 aliphatic heterocycles. The largest absolute Gasteiger partial charge is 0.487 e. The highest BCUT2D eigenvalue weighted by molar-refractivity contribution is 5.79. The first-order valence-corrected chi connectivity index (χ1v) is 9.40. The van der Waals surface area contributed by atoms with E-state index in [1.807, 2.05) is 11.0 Å². The van der Waals surface area contributed by atoms with Crippen LogP contribution in [0.3, 0.4) is 0 Å². The molecule has 1 atom stereocenters. The molecule has 2 fully saturated rings. The van der Waals surface area contributed by atoms with E-state index in [0.29, 0.717) is 18.3 Å². The lowest BCUT2D eigenvalue weighted by atomic mass is 10.0. The summed E-state index contributed by atoms with van der Waals surface area (Å²) in [7, 11) is 0. The van der Waals surface area contributed by atoms with Gasteiger partial charge in [-0.15, -0.1) is 0 Å². The number of nitrogens with one attached hydrogen (secondary N) is 1. The maximum Gasteiger partial charge on any atom is 0.225 e. The Hall–Kier alpha value is -2.37. The molecule has 0 radical (unpaired) electrons. The van der Waals surface area contributed by atoms with Crippen molar-refractivity contribution in [3.8, 4) is 5.75 Å². The molecule has 1 aromatic carbocycles. The maximum absolute atomic E-state index is 13.2. The van der Waals surface area contributed by atoms with Crippen LogP contribution < -0.4 is 4.74 Å². The predicted molar refractivity (Wildman–Crippen MR) is 95.2 cm³/mol. The zero-order valence-electron chi connectivity index (χ0n) is 14.8. The van der Waals surface area contributed by atoms with Crippen LogP contribution in [0.4, 0.5) is 4.39 Å². The highest BCUT2D eigenvalue weighted by atomic mass is 19.1. The molecule has 0 spiro atoms. The average molecular weight is 357 g/mol. The number of hydrogen-bond donors (Lipinski definition) is 1. The average Bonchev–Trinajstić information content (AvgIpc) is 3.40. The smallest absolute Gasteiger partial charge is 0.225 e. The number of rotatable bonds is 5. The lowest BCUT2D eigenvalue weighted by molar-refractivity contribution is -0.134. The lowest BCUT2D eigenvalue weighted by Crippen LogP contribution is -2.33. The third-order valence-electron chi connectivity index (χ3n) is 5.46. The zero-order chi connectivity index (χ0) is 17.9. The molecule has 1 amide bonds. The number of ether oxygens (including phenoxy) is 1. The highest BCUT2D eigenvalue weighted by Gasteiger charge is 2.33. The first-order valence-electron chi connectivity index (χ1n) is 9.40. The molecule has 1 saturated heterocycles. The van der Waals surface area contributed by atoms with E-state index in [9.17, 15) is 9.18 Å². The molecule has 1 saturated carbocycles. The molecule has 6 heteroatoms. The molecule has 1 N–H and O–H groups in total. The molecular formula is C20H24FN3O2. The van der Waals surface area contributed by atoms with Crippen molar-refractivity contribution in [3.63, 3.8) is 0 Å². The summed E-state index contributed by atoms with van der Waals surface area (Å²) in [6, 6.07) is 8.09. The lowest BCUT2D eigenvalue weighted by Gasteiger charge is -2.20. The minimum atomic E-state index is -0.314. The van der Waals surface area contributed by atoms with E-state index >= 15 is 0 Å². The third kappa shape index (κ3) is 3.74. The zero-order valence-corrected chi connectivity index (χ0v) is 14.8. The van der Waals surface area contributed by atoms with E-state index in [2.05, 4.69) is 10.2 Å². The molecule has 0 bridgehead atoms. The topological polar surface area (TPSA) is 58.2 Å². The quantitative estimate of drug-likeness (QED) is 0.889. The van der Waals surface area contributed by atoms with Crippen molar-refractivity contribution in [2.75, 3.05) is 13.1 Å². The Morgan fingerprint density at radius 3 is 2.92 bits per heavy atom. The van der Waals surface area contributed by atoms with Crippen molar-refractivity contribution < 1.29 is 13.9 Å². The van der Waals surface area contributed by atoms with Crippen LogP contribution in [0, 0.1) is 11.7 Å². The number of aromatic amines is 1. The van der Waals surface area contributed by atoms with Crippen LogP contribution in [-0.2, 0) is 11.4 Å². The highest BCUT2D eigenvalue weighted by Crippen LogP contribution is 2.31. The molecule has 1 aromatic heterocycles. The van der Waals surface area contributed by atoms with Crippen LogP contribution in [0.15, 0.2) is 30.3 Å². The Morgan fingerprint density at radius 1 is 1.27 bits per heavy atom. The van der Waals surface area contributed by atoms with Gasteiger partial charge in [-0.05, 0) is 37.5 Å². The molecular weight excluding hydrogens is 333 g/mol. The normalized spacial score (nSPS) is 20.7. The van der Waals surface area contributed by atoms with Gasteiger partial charge in [0.15, 0.2) is 0 Å². The van der Waals surface area contributed by atoms with Crippen LogP contribution >= 0.6 is 0 Å². The number of H-pyrrole nitrogens is 1. The van der Waals surface area contributed by atoms with E-state index in [0.717, 1.165) is 43.7 Å². The molecule has 26 heavy (non-hydrogen) atoms. The SMILES string of the molecule is O=C(C1CCCC1)N1CCC(c2cc(COc3cccc(F)c3)[nH]n2)C1. The van der Waals surface area contributed by atoms with Crippen LogP contribution in [-0.4, -0.2) is 34.1 Å². The first-order chi connectivity index (χ1) is 12.7. The Morgan fingerprint density at radius 2 is 2.12 bits per heavy atom. The van der Waals surface area contributed by atoms with Crippen LogP contribution in [0.25, 0.3) is 0 Å². The maximum atomic E-state index is 13.2. The second kappa shape index (κ2) is 7.48. The molecule has 2 heterocycles. The monoisotopic (exact) mass is 357 g/mol. The third-order valence-corrected chi connectivity index (χ3v) is 5.46. The Bertz CT molecular complexity index is 770. The number of nitrogens with zero attached hydrogens (tertiary/aromatic N) is 2. The summed E-state index contributed by atoms with van der Waals surface area (Å²) in [6.07, 6.45) is 5.41. The van der Waals surface area contributed by atoms with Gasteiger partial charge in [0.05, 0.1) is 11.4 Å². The van der Waals surface area contributed by atoms with E-state index in [1.54, 1.807) is 12.1 Å². The van der Waals surface area contributed by atoms with Gasteiger partial charge in [-0.1, -0.05) is 18.9 Å². The molecule has 1 unspecified atom stereocenters. The molecule has 138 valence electrons. The molecule has 1 aliphatic carbocycles. The number of likely N-dealkylation sites (tertiary alicyclic amines) is 1. The van der Waals surface area contributed by atoms with Crippen molar-refractivity contribution in [2.24, 2.45) is 5.92 Å². The summed E-state index contributed by atoms with van der Waals surface area (Å²) >= 11 is 0. The molecule has 2 aliphatic rings. The fourth-order valence-electron chi connectivity index (χ4n) is 4.01.